The molecule has 1 aromatic heterocycles. The molecule has 2 heterocycles. The fourth-order valence-corrected chi connectivity index (χ4v) is 1.82. The highest BCUT2D eigenvalue weighted by molar-refractivity contribution is 5.07. The van der Waals surface area contributed by atoms with Gasteiger partial charge in [-0.1, -0.05) is 0 Å². The van der Waals surface area contributed by atoms with Crippen molar-refractivity contribution < 1.29 is 0 Å². The first-order valence-corrected chi connectivity index (χ1v) is 4.80. The van der Waals surface area contributed by atoms with Crippen LogP contribution in [0.2, 0.25) is 0 Å². The molecule has 1 aliphatic heterocycles. The molecule has 5 nitrogen and oxygen atoms in total. The molecule has 1 atom stereocenters. The van der Waals surface area contributed by atoms with E-state index in [0.717, 1.165) is 31.6 Å². The van der Waals surface area contributed by atoms with E-state index in [1.807, 2.05) is 0 Å². The Balaban J connectivity index is 2.30. The monoisotopic (exact) mass is 195 g/mol. The van der Waals surface area contributed by atoms with Crippen LogP contribution in [0, 0.1) is 0 Å². The summed E-state index contributed by atoms with van der Waals surface area (Å²) in [5.74, 6) is 0.263. The van der Waals surface area contributed by atoms with Crippen LogP contribution in [-0.4, -0.2) is 23.1 Å². The molecule has 0 spiro atoms. The van der Waals surface area contributed by atoms with Crippen molar-refractivity contribution in [3.63, 3.8) is 0 Å². The Bertz CT molecular complexity index is 386. The van der Waals surface area contributed by atoms with Gasteiger partial charge in [0.2, 0.25) is 0 Å². The summed E-state index contributed by atoms with van der Waals surface area (Å²) < 4.78 is 0. The van der Waals surface area contributed by atoms with E-state index < -0.39 is 5.69 Å². The minimum absolute atomic E-state index is 0.263. The van der Waals surface area contributed by atoms with Gasteiger partial charge in [0.05, 0.1) is 0 Å². The number of rotatable bonds is 1. The van der Waals surface area contributed by atoms with Gasteiger partial charge in [-0.05, 0) is 19.4 Å². The molecule has 0 amide bonds. The van der Waals surface area contributed by atoms with Crippen LogP contribution in [0.5, 0.6) is 0 Å². The van der Waals surface area contributed by atoms with E-state index in [2.05, 4.69) is 15.3 Å². The molecule has 0 saturated carbocycles. The van der Waals surface area contributed by atoms with E-state index in [-0.39, 0.29) is 11.5 Å². The molecule has 1 aliphatic rings. The van der Waals surface area contributed by atoms with Crippen LogP contribution in [0.4, 0.5) is 0 Å². The highest BCUT2D eigenvalue weighted by Crippen LogP contribution is 2.18. The summed E-state index contributed by atoms with van der Waals surface area (Å²) in [5, 5.41) is 3.24. The fraction of sp³-hybridized carbons (Fsp3) is 0.556. The Labute approximate surface area is 80.6 Å². The van der Waals surface area contributed by atoms with Gasteiger partial charge in [0.15, 0.2) is 0 Å². The first-order chi connectivity index (χ1) is 6.75. The molecule has 0 aliphatic carbocycles. The molecule has 14 heavy (non-hydrogen) atoms. The van der Waals surface area contributed by atoms with Crippen LogP contribution < -0.4 is 16.6 Å². The molecule has 1 unspecified atom stereocenters. The van der Waals surface area contributed by atoms with E-state index in [9.17, 15) is 9.59 Å². The number of nitrogens with one attached hydrogen (secondary N) is 3. The van der Waals surface area contributed by atoms with Crippen molar-refractivity contribution in [1.29, 1.82) is 0 Å². The van der Waals surface area contributed by atoms with Gasteiger partial charge in [-0.2, -0.15) is 0 Å². The van der Waals surface area contributed by atoms with Gasteiger partial charge in [-0.25, -0.2) is 4.79 Å². The van der Waals surface area contributed by atoms with E-state index in [1.165, 1.54) is 6.07 Å². The summed E-state index contributed by atoms with van der Waals surface area (Å²) >= 11 is 0. The van der Waals surface area contributed by atoms with Crippen molar-refractivity contribution in [2.75, 3.05) is 13.1 Å². The maximum atomic E-state index is 11.1. The maximum Gasteiger partial charge on any atom is 0.325 e. The quantitative estimate of drug-likeness (QED) is 0.567. The molecule has 2 rings (SSSR count). The van der Waals surface area contributed by atoms with Crippen LogP contribution in [0.25, 0.3) is 0 Å². The number of hydrogen-bond acceptors (Lipinski definition) is 3. The lowest BCUT2D eigenvalue weighted by atomic mass is 9.96. The summed E-state index contributed by atoms with van der Waals surface area (Å²) in [5.41, 5.74) is -0.00153. The Morgan fingerprint density at radius 1 is 1.29 bits per heavy atom. The highest BCUT2D eigenvalue weighted by Gasteiger charge is 2.16. The van der Waals surface area contributed by atoms with Crippen molar-refractivity contribution >= 4 is 0 Å². The fourth-order valence-electron chi connectivity index (χ4n) is 1.82. The lowest BCUT2D eigenvalue weighted by molar-refractivity contribution is 0.453. The minimum atomic E-state index is -0.418. The largest absolute Gasteiger partial charge is 0.325 e. The maximum absolute atomic E-state index is 11.1. The van der Waals surface area contributed by atoms with Crippen molar-refractivity contribution in [2.24, 2.45) is 0 Å². The lowest BCUT2D eigenvalue weighted by Crippen LogP contribution is -2.32. The second-order valence-electron chi connectivity index (χ2n) is 3.59. The highest BCUT2D eigenvalue weighted by atomic mass is 16.2. The van der Waals surface area contributed by atoms with Crippen molar-refractivity contribution in [2.45, 2.75) is 18.8 Å². The third-order valence-corrected chi connectivity index (χ3v) is 2.52. The molecule has 5 heteroatoms. The Hall–Kier alpha value is -1.36. The van der Waals surface area contributed by atoms with E-state index in [0.29, 0.717) is 0 Å². The second-order valence-corrected chi connectivity index (χ2v) is 3.59. The minimum Gasteiger partial charge on any atom is -0.316 e. The Morgan fingerprint density at radius 2 is 2.14 bits per heavy atom. The number of aromatic nitrogens is 2. The summed E-state index contributed by atoms with van der Waals surface area (Å²) in [6, 6.07) is 1.47. The molecule has 0 aromatic carbocycles. The number of H-pyrrole nitrogens is 2. The smallest absolute Gasteiger partial charge is 0.316 e. The molecule has 76 valence electrons. The predicted octanol–water partition coefficient (Wildman–Crippen LogP) is -0.470. The number of aromatic amines is 2. The van der Waals surface area contributed by atoms with Crippen LogP contribution in [0.15, 0.2) is 15.7 Å². The Kier molecular flexibility index (Phi) is 2.49. The number of piperidine rings is 1. The van der Waals surface area contributed by atoms with Crippen LogP contribution in [0.1, 0.15) is 24.5 Å². The molecule has 1 fully saturated rings. The van der Waals surface area contributed by atoms with Crippen molar-refractivity contribution in [1.82, 2.24) is 15.3 Å². The number of hydrogen-bond donors (Lipinski definition) is 3. The molecule has 1 saturated heterocycles. The van der Waals surface area contributed by atoms with Gasteiger partial charge in [0, 0.05) is 24.2 Å². The molecular formula is C9H13N3O2. The Morgan fingerprint density at radius 3 is 2.79 bits per heavy atom. The van der Waals surface area contributed by atoms with Gasteiger partial charge in [0.1, 0.15) is 0 Å². The van der Waals surface area contributed by atoms with Gasteiger partial charge in [-0.3, -0.25) is 9.78 Å². The molecule has 1 aromatic rings. The van der Waals surface area contributed by atoms with Gasteiger partial charge >= 0.3 is 5.69 Å². The third kappa shape index (κ3) is 1.93. The lowest BCUT2D eigenvalue weighted by Gasteiger charge is -2.22. The molecular weight excluding hydrogens is 182 g/mol. The van der Waals surface area contributed by atoms with Crippen molar-refractivity contribution in [3.05, 3.63) is 32.6 Å². The zero-order chi connectivity index (χ0) is 9.97. The standard InChI is InChI=1S/C9H13N3O2/c13-8-4-7(11-9(14)12-8)6-2-1-3-10-5-6/h4,6,10H,1-3,5H2,(H2,11,12,13,14). The zero-order valence-corrected chi connectivity index (χ0v) is 7.80. The predicted molar refractivity (Wildman–Crippen MR) is 52.5 cm³/mol. The summed E-state index contributed by atoms with van der Waals surface area (Å²) in [4.78, 5) is 26.9. The average Bonchev–Trinajstić information content (AvgIpc) is 2.18. The second kappa shape index (κ2) is 3.79. The summed E-state index contributed by atoms with van der Waals surface area (Å²) in [6.45, 7) is 1.85. The SMILES string of the molecule is O=c1cc(C2CCCNC2)[nH]c(=O)[nH]1. The zero-order valence-electron chi connectivity index (χ0n) is 7.80. The van der Waals surface area contributed by atoms with Gasteiger partial charge in [-0.15, -0.1) is 0 Å². The van der Waals surface area contributed by atoms with Crippen LogP contribution in [-0.2, 0) is 0 Å². The average molecular weight is 195 g/mol. The molecule has 0 radical (unpaired) electrons. The molecule has 0 bridgehead atoms. The topological polar surface area (TPSA) is 77.8 Å². The first kappa shape index (κ1) is 9.21. The van der Waals surface area contributed by atoms with Crippen LogP contribution >= 0.6 is 0 Å². The molecule has 3 N–H and O–H groups in total. The van der Waals surface area contributed by atoms with Crippen LogP contribution in [0.3, 0.4) is 0 Å². The van der Waals surface area contributed by atoms with E-state index in [1.54, 1.807) is 0 Å². The van der Waals surface area contributed by atoms with Gasteiger partial charge in [0.25, 0.3) is 5.56 Å². The van der Waals surface area contributed by atoms with E-state index in [4.69, 9.17) is 0 Å². The van der Waals surface area contributed by atoms with Gasteiger partial charge < -0.3 is 10.3 Å². The third-order valence-electron chi connectivity index (χ3n) is 2.52. The van der Waals surface area contributed by atoms with Crippen molar-refractivity contribution in [3.8, 4) is 0 Å². The summed E-state index contributed by atoms with van der Waals surface area (Å²) in [7, 11) is 0. The normalized spacial score (nSPS) is 22.1. The first-order valence-electron chi connectivity index (χ1n) is 4.80. The van der Waals surface area contributed by atoms with E-state index >= 15 is 0 Å². The summed E-state index contributed by atoms with van der Waals surface area (Å²) in [6.07, 6.45) is 2.10.